The number of hydrogen-bond acceptors (Lipinski definition) is 5. The van der Waals surface area contributed by atoms with Gasteiger partial charge in [0, 0.05) is 31.0 Å². The number of halogens is 1. The molecule has 1 saturated heterocycles. The molecule has 2 heterocycles. The Morgan fingerprint density at radius 1 is 1.17 bits per heavy atom. The highest BCUT2D eigenvalue weighted by Gasteiger charge is 2.35. The Balaban J connectivity index is 0.00000192. The average Bonchev–Trinajstić information content (AvgIpc) is 3.14. The summed E-state index contributed by atoms with van der Waals surface area (Å²) in [6, 6.07) is 10.7. The Morgan fingerprint density at radius 2 is 1.87 bits per heavy atom. The fraction of sp³-hybridized carbons (Fsp3) is 0.529. The minimum atomic E-state index is 0. The van der Waals surface area contributed by atoms with Crippen molar-refractivity contribution in [2.75, 3.05) is 13.1 Å². The van der Waals surface area contributed by atoms with Gasteiger partial charge in [-0.1, -0.05) is 49.3 Å². The number of aromatic nitrogens is 2. The molecule has 2 N–H and O–H groups in total. The molecule has 0 spiro atoms. The van der Waals surface area contributed by atoms with Gasteiger partial charge in [-0.3, -0.25) is 4.90 Å². The first-order valence-corrected chi connectivity index (χ1v) is 7.94. The van der Waals surface area contributed by atoms with Crippen LogP contribution < -0.4 is 5.73 Å². The second kappa shape index (κ2) is 7.43. The van der Waals surface area contributed by atoms with E-state index < -0.39 is 0 Å². The van der Waals surface area contributed by atoms with Crippen molar-refractivity contribution in [1.82, 2.24) is 15.0 Å². The zero-order valence-corrected chi connectivity index (χ0v) is 14.7. The largest absolute Gasteiger partial charge is 0.338 e. The summed E-state index contributed by atoms with van der Waals surface area (Å²) < 4.78 is 5.43. The molecule has 1 aromatic heterocycles. The molecule has 23 heavy (non-hydrogen) atoms. The third-order valence-corrected chi connectivity index (χ3v) is 4.50. The zero-order valence-electron chi connectivity index (χ0n) is 13.8. The van der Waals surface area contributed by atoms with Gasteiger partial charge in [0.05, 0.1) is 6.04 Å². The van der Waals surface area contributed by atoms with Crippen LogP contribution in [-0.4, -0.2) is 34.2 Å². The van der Waals surface area contributed by atoms with Crippen LogP contribution in [-0.2, 0) is 0 Å². The number of benzene rings is 1. The summed E-state index contributed by atoms with van der Waals surface area (Å²) in [5.41, 5.74) is 7.67. The molecule has 0 amide bonds. The lowest BCUT2D eigenvalue weighted by Gasteiger charge is -2.20. The smallest absolute Gasteiger partial charge is 0.243 e. The molecule has 0 bridgehead atoms. The number of rotatable bonds is 4. The first kappa shape index (κ1) is 17.9. The van der Waals surface area contributed by atoms with E-state index in [-0.39, 0.29) is 30.4 Å². The van der Waals surface area contributed by atoms with Crippen molar-refractivity contribution in [2.45, 2.75) is 44.7 Å². The van der Waals surface area contributed by atoms with Gasteiger partial charge >= 0.3 is 0 Å². The summed E-state index contributed by atoms with van der Waals surface area (Å²) in [5, 5.41) is 4.06. The van der Waals surface area contributed by atoms with Gasteiger partial charge in [0.1, 0.15) is 0 Å². The van der Waals surface area contributed by atoms with Gasteiger partial charge in [0.2, 0.25) is 5.89 Å². The number of likely N-dealkylation sites (tertiary alicyclic amines) is 1. The highest BCUT2D eigenvalue weighted by Crippen LogP contribution is 2.32. The Bertz CT molecular complexity index is 616. The molecule has 1 aliphatic rings. The Hall–Kier alpha value is -1.43. The summed E-state index contributed by atoms with van der Waals surface area (Å²) in [5.74, 6) is 2.09. The van der Waals surface area contributed by atoms with Crippen LogP contribution in [0.1, 0.15) is 55.9 Å². The van der Waals surface area contributed by atoms with E-state index >= 15 is 0 Å². The maximum absolute atomic E-state index is 6.36. The van der Waals surface area contributed by atoms with Crippen LogP contribution in [0.15, 0.2) is 34.9 Å². The van der Waals surface area contributed by atoms with E-state index in [9.17, 15) is 0 Å². The summed E-state index contributed by atoms with van der Waals surface area (Å²) in [4.78, 5) is 6.85. The van der Waals surface area contributed by atoms with Crippen molar-refractivity contribution in [3.8, 4) is 0 Å². The second-order valence-corrected chi connectivity index (χ2v) is 6.46. The minimum absolute atomic E-state index is 0. The van der Waals surface area contributed by atoms with E-state index in [4.69, 9.17) is 10.3 Å². The van der Waals surface area contributed by atoms with Crippen molar-refractivity contribution >= 4 is 12.4 Å². The van der Waals surface area contributed by atoms with Crippen molar-refractivity contribution in [3.05, 3.63) is 47.6 Å². The van der Waals surface area contributed by atoms with Crippen molar-refractivity contribution in [3.63, 3.8) is 0 Å². The standard InChI is InChI=1S/C17H24N4O.ClH/c1-11(2)16-19-17(22-20-16)12(3)21-9-14(15(18)10-21)13-7-5-4-6-8-13;/h4-8,11-12,14-15H,9-10,18H2,1-3H3;1H/t12?,14-,15+;/m0./s1. The molecule has 0 saturated carbocycles. The number of nitrogens with two attached hydrogens (primary N) is 1. The molecule has 3 rings (SSSR count). The van der Waals surface area contributed by atoms with Crippen LogP contribution in [0, 0.1) is 0 Å². The lowest BCUT2D eigenvalue weighted by molar-refractivity contribution is 0.205. The van der Waals surface area contributed by atoms with Crippen LogP contribution in [0.25, 0.3) is 0 Å². The maximum Gasteiger partial charge on any atom is 0.243 e. The van der Waals surface area contributed by atoms with Crippen LogP contribution in [0.2, 0.25) is 0 Å². The molecule has 1 unspecified atom stereocenters. The van der Waals surface area contributed by atoms with E-state index in [1.807, 2.05) is 6.07 Å². The molecule has 0 aliphatic carbocycles. The van der Waals surface area contributed by atoms with Gasteiger partial charge in [-0.25, -0.2) is 0 Å². The van der Waals surface area contributed by atoms with Crippen molar-refractivity contribution < 1.29 is 4.52 Å². The first-order valence-electron chi connectivity index (χ1n) is 7.94. The van der Waals surface area contributed by atoms with Crippen molar-refractivity contribution in [2.24, 2.45) is 5.73 Å². The van der Waals surface area contributed by atoms with E-state index in [0.29, 0.717) is 11.8 Å². The fourth-order valence-corrected chi connectivity index (χ4v) is 3.04. The van der Waals surface area contributed by atoms with Crippen LogP contribution >= 0.6 is 12.4 Å². The highest BCUT2D eigenvalue weighted by atomic mass is 35.5. The van der Waals surface area contributed by atoms with E-state index in [1.165, 1.54) is 5.56 Å². The molecular weight excluding hydrogens is 312 g/mol. The SMILES string of the molecule is CC(C)c1noc(C(C)N2C[C@@H](N)[C@H](c3ccccc3)C2)n1.Cl. The number of nitrogens with zero attached hydrogens (tertiary/aromatic N) is 3. The molecule has 0 radical (unpaired) electrons. The Kier molecular flexibility index (Phi) is 5.79. The normalized spacial score (nSPS) is 23.0. The van der Waals surface area contributed by atoms with Crippen LogP contribution in [0.4, 0.5) is 0 Å². The summed E-state index contributed by atoms with van der Waals surface area (Å²) in [6.07, 6.45) is 0. The van der Waals surface area contributed by atoms with E-state index in [2.05, 4.69) is 60.1 Å². The molecule has 5 nitrogen and oxygen atoms in total. The van der Waals surface area contributed by atoms with Crippen molar-refractivity contribution in [1.29, 1.82) is 0 Å². The predicted octanol–water partition coefficient (Wildman–Crippen LogP) is 3.10. The summed E-state index contributed by atoms with van der Waals surface area (Å²) in [7, 11) is 0. The monoisotopic (exact) mass is 336 g/mol. The second-order valence-electron chi connectivity index (χ2n) is 6.46. The Labute approximate surface area is 143 Å². The molecule has 126 valence electrons. The maximum atomic E-state index is 6.36. The van der Waals surface area contributed by atoms with Crippen LogP contribution in [0.3, 0.4) is 0 Å². The zero-order chi connectivity index (χ0) is 15.7. The third-order valence-electron chi connectivity index (χ3n) is 4.50. The molecule has 3 atom stereocenters. The van der Waals surface area contributed by atoms with Gasteiger partial charge < -0.3 is 10.3 Å². The molecule has 6 heteroatoms. The van der Waals surface area contributed by atoms with Gasteiger partial charge in [0.25, 0.3) is 0 Å². The van der Waals surface area contributed by atoms with Crippen LogP contribution in [0.5, 0.6) is 0 Å². The Morgan fingerprint density at radius 3 is 2.48 bits per heavy atom. The van der Waals surface area contributed by atoms with Gasteiger partial charge in [-0.2, -0.15) is 4.98 Å². The topological polar surface area (TPSA) is 68.2 Å². The quantitative estimate of drug-likeness (QED) is 0.929. The minimum Gasteiger partial charge on any atom is -0.338 e. The van der Waals surface area contributed by atoms with Gasteiger partial charge in [-0.15, -0.1) is 12.4 Å². The lowest BCUT2D eigenvalue weighted by atomic mass is 9.95. The number of hydrogen-bond donors (Lipinski definition) is 1. The van der Waals surface area contributed by atoms with Gasteiger partial charge in [0.15, 0.2) is 5.82 Å². The molecule has 1 fully saturated rings. The third kappa shape index (κ3) is 3.74. The van der Waals surface area contributed by atoms with E-state index in [1.54, 1.807) is 0 Å². The van der Waals surface area contributed by atoms with E-state index in [0.717, 1.165) is 18.9 Å². The lowest BCUT2D eigenvalue weighted by Crippen LogP contribution is -2.30. The molecule has 1 aromatic carbocycles. The van der Waals surface area contributed by atoms with Gasteiger partial charge in [-0.05, 0) is 12.5 Å². The first-order chi connectivity index (χ1) is 10.6. The molecule has 2 aromatic rings. The summed E-state index contributed by atoms with van der Waals surface area (Å²) in [6.45, 7) is 8.01. The highest BCUT2D eigenvalue weighted by molar-refractivity contribution is 5.85. The molecule has 1 aliphatic heterocycles. The average molecular weight is 337 g/mol. The fourth-order valence-electron chi connectivity index (χ4n) is 3.04. The summed E-state index contributed by atoms with van der Waals surface area (Å²) >= 11 is 0. The molecular formula is C17H25ClN4O. The predicted molar refractivity (Wildman–Crippen MR) is 92.8 cm³/mol.